The molecule has 4 nitrogen and oxygen atoms in total. The molecule has 0 amide bonds. The smallest absolute Gasteiger partial charge is 0.347 e. The maximum absolute atomic E-state index is 13.4. The van der Waals surface area contributed by atoms with Crippen LogP contribution in [0.25, 0.3) is 0 Å². The summed E-state index contributed by atoms with van der Waals surface area (Å²) in [5.41, 5.74) is -0.211. The molecule has 1 aromatic rings. The number of ether oxygens (including phenoxy) is 2. The number of hydrogen-bond acceptors (Lipinski definition) is 4. The van der Waals surface area contributed by atoms with Crippen LogP contribution in [0.5, 0.6) is 0 Å². The number of cyclic esters (lactones) is 1. The summed E-state index contributed by atoms with van der Waals surface area (Å²) in [4.78, 5) is 23.0. The molecule has 2 rings (SSSR count). The summed E-state index contributed by atoms with van der Waals surface area (Å²) >= 11 is 3.13. The molecule has 2 unspecified atom stereocenters. The van der Waals surface area contributed by atoms with E-state index in [-0.39, 0.29) is 11.7 Å². The first-order chi connectivity index (χ1) is 8.47. The zero-order valence-electron chi connectivity index (χ0n) is 9.48. The second kappa shape index (κ2) is 5.06. The third-order valence-corrected chi connectivity index (χ3v) is 3.02. The molecule has 1 aromatic carbocycles. The van der Waals surface area contributed by atoms with Gasteiger partial charge in [-0.25, -0.2) is 14.0 Å². The number of rotatable bonds is 2. The molecule has 0 bridgehead atoms. The van der Waals surface area contributed by atoms with Crippen LogP contribution >= 0.6 is 15.9 Å². The molecule has 0 N–H and O–H groups in total. The van der Waals surface area contributed by atoms with E-state index in [2.05, 4.69) is 15.9 Å². The molecule has 18 heavy (non-hydrogen) atoms. The fraction of sp³-hybridized carbons (Fsp3) is 0.333. The maximum atomic E-state index is 13.4. The zero-order chi connectivity index (χ0) is 13.3. The van der Waals surface area contributed by atoms with Crippen molar-refractivity contribution < 1.29 is 23.5 Å². The van der Waals surface area contributed by atoms with Crippen LogP contribution < -0.4 is 0 Å². The molecule has 2 atom stereocenters. The Morgan fingerprint density at radius 3 is 2.89 bits per heavy atom. The SMILES string of the molecule is CC1CC(OC(=O)c2cc(Br)ccc2F)C(=O)O1. The number of esters is 2. The highest BCUT2D eigenvalue weighted by molar-refractivity contribution is 9.10. The van der Waals surface area contributed by atoms with E-state index in [1.54, 1.807) is 6.92 Å². The normalized spacial score (nSPS) is 22.7. The van der Waals surface area contributed by atoms with Crippen LogP contribution in [0.1, 0.15) is 23.7 Å². The van der Waals surface area contributed by atoms with Crippen molar-refractivity contribution in [3.8, 4) is 0 Å². The van der Waals surface area contributed by atoms with Gasteiger partial charge in [0, 0.05) is 10.9 Å². The average molecular weight is 317 g/mol. The van der Waals surface area contributed by atoms with E-state index in [0.717, 1.165) is 6.07 Å². The zero-order valence-corrected chi connectivity index (χ0v) is 11.1. The summed E-state index contributed by atoms with van der Waals surface area (Å²) < 4.78 is 23.8. The first kappa shape index (κ1) is 13.0. The number of benzene rings is 1. The van der Waals surface area contributed by atoms with Crippen molar-refractivity contribution in [2.45, 2.75) is 25.6 Å². The second-order valence-electron chi connectivity index (χ2n) is 4.00. The van der Waals surface area contributed by atoms with Crippen LogP contribution in [0, 0.1) is 5.82 Å². The topological polar surface area (TPSA) is 52.6 Å². The van der Waals surface area contributed by atoms with Crippen LogP contribution in [0.4, 0.5) is 4.39 Å². The number of carbonyl (C=O) groups excluding carboxylic acids is 2. The Bertz CT molecular complexity index is 503. The Labute approximate surface area is 111 Å². The molecular formula is C12H10BrFO4. The molecule has 96 valence electrons. The molecule has 1 saturated heterocycles. The maximum Gasteiger partial charge on any atom is 0.347 e. The van der Waals surface area contributed by atoms with Gasteiger partial charge in [-0.2, -0.15) is 0 Å². The summed E-state index contributed by atoms with van der Waals surface area (Å²) in [5.74, 6) is -2.15. The van der Waals surface area contributed by atoms with Crippen molar-refractivity contribution in [2.24, 2.45) is 0 Å². The highest BCUT2D eigenvalue weighted by Crippen LogP contribution is 2.21. The lowest BCUT2D eigenvalue weighted by Gasteiger charge is -2.09. The fourth-order valence-corrected chi connectivity index (χ4v) is 2.02. The number of halogens is 2. The van der Waals surface area contributed by atoms with Gasteiger partial charge in [-0.3, -0.25) is 0 Å². The van der Waals surface area contributed by atoms with E-state index in [4.69, 9.17) is 9.47 Å². The Kier molecular flexibility index (Phi) is 3.65. The van der Waals surface area contributed by atoms with Crippen LogP contribution in [-0.4, -0.2) is 24.1 Å². The summed E-state index contributed by atoms with van der Waals surface area (Å²) in [6.45, 7) is 1.70. The first-order valence-electron chi connectivity index (χ1n) is 5.34. The minimum Gasteiger partial charge on any atom is -0.460 e. The predicted octanol–water partition coefficient (Wildman–Crippen LogP) is 2.45. The lowest BCUT2D eigenvalue weighted by atomic mass is 10.2. The van der Waals surface area contributed by atoms with Gasteiger partial charge >= 0.3 is 11.9 Å². The molecule has 0 radical (unpaired) electrons. The lowest BCUT2D eigenvalue weighted by molar-refractivity contribution is -0.147. The summed E-state index contributed by atoms with van der Waals surface area (Å²) in [6.07, 6.45) is -0.950. The van der Waals surface area contributed by atoms with E-state index in [1.165, 1.54) is 12.1 Å². The van der Waals surface area contributed by atoms with Crippen LogP contribution in [0.2, 0.25) is 0 Å². The summed E-state index contributed by atoms with van der Waals surface area (Å²) in [7, 11) is 0. The van der Waals surface area contributed by atoms with E-state index < -0.39 is 23.9 Å². The van der Waals surface area contributed by atoms with Gasteiger partial charge in [0.1, 0.15) is 11.9 Å². The van der Waals surface area contributed by atoms with Crippen LogP contribution in [-0.2, 0) is 14.3 Å². The van der Waals surface area contributed by atoms with Crippen molar-refractivity contribution in [1.29, 1.82) is 0 Å². The van der Waals surface area contributed by atoms with Gasteiger partial charge in [-0.05, 0) is 25.1 Å². The quantitative estimate of drug-likeness (QED) is 0.786. The third-order valence-electron chi connectivity index (χ3n) is 2.52. The van der Waals surface area contributed by atoms with Gasteiger partial charge in [0.25, 0.3) is 0 Å². The number of carbonyl (C=O) groups is 2. The largest absolute Gasteiger partial charge is 0.460 e. The highest BCUT2D eigenvalue weighted by Gasteiger charge is 2.35. The molecule has 1 heterocycles. The molecule has 0 spiro atoms. The standard InChI is InChI=1S/C12H10BrFO4/c1-6-4-10(12(16)17-6)18-11(15)8-5-7(13)2-3-9(8)14/h2-3,5-6,10H,4H2,1H3. The Balaban J connectivity index is 2.12. The molecule has 0 aromatic heterocycles. The van der Waals surface area contributed by atoms with Crippen molar-refractivity contribution in [3.63, 3.8) is 0 Å². The van der Waals surface area contributed by atoms with Gasteiger partial charge in [0.15, 0.2) is 0 Å². The molecule has 0 saturated carbocycles. The monoisotopic (exact) mass is 316 g/mol. The van der Waals surface area contributed by atoms with E-state index >= 15 is 0 Å². The minimum absolute atomic E-state index is 0.211. The molecule has 6 heteroatoms. The third kappa shape index (κ3) is 2.69. The molecule has 1 fully saturated rings. The van der Waals surface area contributed by atoms with Crippen molar-refractivity contribution in [2.75, 3.05) is 0 Å². The van der Waals surface area contributed by atoms with Crippen molar-refractivity contribution >= 4 is 27.9 Å². The van der Waals surface area contributed by atoms with Gasteiger partial charge in [-0.1, -0.05) is 15.9 Å². The fourth-order valence-electron chi connectivity index (χ4n) is 1.66. The van der Waals surface area contributed by atoms with E-state index in [9.17, 15) is 14.0 Å². The Morgan fingerprint density at radius 1 is 1.56 bits per heavy atom. The molecule has 1 aliphatic rings. The minimum atomic E-state index is -0.953. The summed E-state index contributed by atoms with van der Waals surface area (Å²) in [5, 5.41) is 0. The molecular weight excluding hydrogens is 307 g/mol. The summed E-state index contributed by atoms with van der Waals surface area (Å²) in [6, 6.07) is 3.93. The van der Waals surface area contributed by atoms with Gasteiger partial charge in [0.05, 0.1) is 5.56 Å². The second-order valence-corrected chi connectivity index (χ2v) is 4.92. The highest BCUT2D eigenvalue weighted by atomic mass is 79.9. The molecule has 1 aliphatic heterocycles. The number of hydrogen-bond donors (Lipinski definition) is 0. The van der Waals surface area contributed by atoms with Crippen molar-refractivity contribution in [1.82, 2.24) is 0 Å². The van der Waals surface area contributed by atoms with Gasteiger partial charge < -0.3 is 9.47 Å². The van der Waals surface area contributed by atoms with Crippen molar-refractivity contribution in [3.05, 3.63) is 34.1 Å². The van der Waals surface area contributed by atoms with E-state index in [0.29, 0.717) is 10.9 Å². The van der Waals surface area contributed by atoms with Gasteiger partial charge in [-0.15, -0.1) is 0 Å². The van der Waals surface area contributed by atoms with Crippen LogP contribution in [0.3, 0.4) is 0 Å². The Hall–Kier alpha value is -1.43. The van der Waals surface area contributed by atoms with E-state index in [1.807, 2.05) is 0 Å². The Morgan fingerprint density at radius 2 is 2.28 bits per heavy atom. The average Bonchev–Trinajstić information content (AvgIpc) is 2.61. The first-order valence-corrected chi connectivity index (χ1v) is 6.13. The predicted molar refractivity (Wildman–Crippen MR) is 63.5 cm³/mol. The lowest BCUT2D eigenvalue weighted by Crippen LogP contribution is -2.23. The van der Waals surface area contributed by atoms with Gasteiger partial charge in [0.2, 0.25) is 6.10 Å². The molecule has 0 aliphatic carbocycles. The van der Waals surface area contributed by atoms with Crippen LogP contribution in [0.15, 0.2) is 22.7 Å².